The van der Waals surface area contributed by atoms with Crippen LogP contribution in [0.25, 0.3) is 0 Å². The van der Waals surface area contributed by atoms with Crippen molar-refractivity contribution in [3.8, 4) is 0 Å². The Morgan fingerprint density at radius 2 is 2.17 bits per heavy atom. The average Bonchev–Trinajstić information content (AvgIpc) is 2.92. The Morgan fingerprint density at radius 3 is 2.78 bits per heavy atom. The lowest BCUT2D eigenvalue weighted by Crippen LogP contribution is -2.26. The summed E-state index contributed by atoms with van der Waals surface area (Å²) in [7, 11) is 0. The van der Waals surface area contributed by atoms with E-state index < -0.39 is 12.7 Å². The second-order valence-corrected chi connectivity index (χ2v) is 5.44. The fourth-order valence-electron chi connectivity index (χ4n) is 3.32. The number of nitrogens with one attached hydrogen (secondary N) is 1. The molecule has 0 spiro atoms. The Hall–Kier alpha value is -1.20. The number of aromatic nitrogens is 2. The largest absolute Gasteiger partial charge is 0.408 e. The van der Waals surface area contributed by atoms with E-state index in [1.807, 2.05) is 0 Å². The molecule has 0 aliphatic heterocycles. The number of nitrogens with zero attached hydrogens (tertiary/aromatic N) is 2. The van der Waals surface area contributed by atoms with E-state index in [1.165, 1.54) is 25.5 Å². The topological polar surface area (TPSA) is 29.9 Å². The maximum Gasteiger partial charge on any atom is 0.408 e. The molecule has 3 nitrogen and oxygen atoms in total. The molecule has 2 aliphatic rings. The molecule has 0 aromatic carbocycles. The maximum absolute atomic E-state index is 12.2. The molecule has 0 radical (unpaired) electrons. The quantitative estimate of drug-likeness (QED) is 0.904. The average molecular weight is 259 g/mol. The first kappa shape index (κ1) is 11.9. The summed E-state index contributed by atoms with van der Waals surface area (Å²) in [4.78, 5) is 0. The van der Waals surface area contributed by atoms with Crippen molar-refractivity contribution in [2.45, 2.75) is 44.4 Å². The summed E-state index contributed by atoms with van der Waals surface area (Å²) in [5.41, 5.74) is 0. The zero-order valence-corrected chi connectivity index (χ0v) is 9.95. The van der Waals surface area contributed by atoms with Crippen molar-refractivity contribution in [1.82, 2.24) is 9.78 Å². The number of halogens is 3. The van der Waals surface area contributed by atoms with E-state index in [4.69, 9.17) is 0 Å². The molecule has 6 heteroatoms. The van der Waals surface area contributed by atoms with Gasteiger partial charge in [0.25, 0.3) is 0 Å². The van der Waals surface area contributed by atoms with Crippen molar-refractivity contribution in [3.63, 3.8) is 0 Å². The van der Waals surface area contributed by atoms with Gasteiger partial charge in [0.2, 0.25) is 0 Å². The van der Waals surface area contributed by atoms with Gasteiger partial charge in [-0.25, -0.2) is 0 Å². The van der Waals surface area contributed by atoms with E-state index in [9.17, 15) is 13.2 Å². The van der Waals surface area contributed by atoms with Crippen LogP contribution < -0.4 is 5.32 Å². The van der Waals surface area contributed by atoms with Crippen LogP contribution in [0.1, 0.15) is 25.7 Å². The van der Waals surface area contributed by atoms with Crippen molar-refractivity contribution in [2.24, 2.45) is 11.8 Å². The van der Waals surface area contributed by atoms with E-state index in [-0.39, 0.29) is 0 Å². The molecule has 2 saturated carbocycles. The molecule has 100 valence electrons. The molecule has 2 fully saturated rings. The Kier molecular flexibility index (Phi) is 2.75. The number of rotatable bonds is 3. The first-order valence-electron chi connectivity index (χ1n) is 6.36. The van der Waals surface area contributed by atoms with E-state index in [0.717, 1.165) is 17.0 Å². The number of fused-ring (bicyclic) bond motifs is 2. The third kappa shape index (κ3) is 2.47. The minimum Gasteiger partial charge on any atom is -0.366 e. The van der Waals surface area contributed by atoms with Gasteiger partial charge in [-0.2, -0.15) is 18.3 Å². The molecule has 2 bridgehead atoms. The van der Waals surface area contributed by atoms with Crippen molar-refractivity contribution in [2.75, 3.05) is 5.32 Å². The summed E-state index contributed by atoms with van der Waals surface area (Å²) in [6, 6.07) is 2.02. The fourth-order valence-corrected chi connectivity index (χ4v) is 3.32. The number of anilines is 1. The van der Waals surface area contributed by atoms with Crippen LogP contribution in [0.4, 0.5) is 19.0 Å². The zero-order chi connectivity index (χ0) is 12.8. The molecule has 1 aromatic rings. The summed E-state index contributed by atoms with van der Waals surface area (Å²) in [6.45, 7) is -1.02. The Morgan fingerprint density at radius 1 is 1.33 bits per heavy atom. The molecule has 3 rings (SSSR count). The van der Waals surface area contributed by atoms with Gasteiger partial charge in [-0.15, -0.1) is 0 Å². The van der Waals surface area contributed by atoms with Gasteiger partial charge < -0.3 is 5.32 Å². The van der Waals surface area contributed by atoms with Crippen LogP contribution in [-0.4, -0.2) is 22.0 Å². The lowest BCUT2D eigenvalue weighted by Gasteiger charge is -2.22. The van der Waals surface area contributed by atoms with E-state index in [1.54, 1.807) is 6.07 Å². The SMILES string of the molecule is FC(F)(F)Cn1ccc(NC2CC3CCC2C3)n1. The molecule has 0 saturated heterocycles. The van der Waals surface area contributed by atoms with Crippen LogP contribution in [0.15, 0.2) is 12.3 Å². The highest BCUT2D eigenvalue weighted by Crippen LogP contribution is 2.45. The predicted molar refractivity (Wildman–Crippen MR) is 61.1 cm³/mol. The van der Waals surface area contributed by atoms with Crippen molar-refractivity contribution in [3.05, 3.63) is 12.3 Å². The van der Waals surface area contributed by atoms with Gasteiger partial charge in [0.05, 0.1) is 0 Å². The molecular formula is C12H16F3N3. The maximum atomic E-state index is 12.2. The summed E-state index contributed by atoms with van der Waals surface area (Å²) in [5.74, 6) is 2.06. The number of alkyl halides is 3. The first-order chi connectivity index (χ1) is 8.49. The monoisotopic (exact) mass is 259 g/mol. The van der Waals surface area contributed by atoms with Gasteiger partial charge in [0.1, 0.15) is 12.4 Å². The van der Waals surface area contributed by atoms with Crippen LogP contribution in [-0.2, 0) is 6.54 Å². The molecule has 18 heavy (non-hydrogen) atoms. The third-order valence-corrected chi connectivity index (χ3v) is 4.05. The van der Waals surface area contributed by atoms with Gasteiger partial charge in [0, 0.05) is 18.3 Å². The zero-order valence-electron chi connectivity index (χ0n) is 9.95. The highest BCUT2D eigenvalue weighted by molar-refractivity contribution is 5.34. The highest BCUT2D eigenvalue weighted by Gasteiger charge is 2.39. The second kappa shape index (κ2) is 4.17. The minimum absolute atomic E-state index is 0.401. The van der Waals surface area contributed by atoms with Gasteiger partial charge >= 0.3 is 6.18 Å². The molecule has 3 atom stereocenters. The van der Waals surface area contributed by atoms with Crippen LogP contribution in [0.2, 0.25) is 0 Å². The Labute approximate surface area is 103 Å². The Balaban J connectivity index is 1.60. The van der Waals surface area contributed by atoms with Crippen LogP contribution in [0.3, 0.4) is 0 Å². The van der Waals surface area contributed by atoms with Crippen LogP contribution in [0.5, 0.6) is 0 Å². The van der Waals surface area contributed by atoms with Gasteiger partial charge in [-0.3, -0.25) is 4.68 Å². The molecule has 2 aliphatic carbocycles. The first-order valence-corrected chi connectivity index (χ1v) is 6.36. The lowest BCUT2D eigenvalue weighted by molar-refractivity contribution is -0.142. The molecule has 0 amide bonds. The van der Waals surface area contributed by atoms with Crippen LogP contribution >= 0.6 is 0 Å². The standard InChI is InChI=1S/C12H16F3N3/c13-12(14,15)7-18-4-3-11(17-18)16-10-6-8-1-2-9(10)5-8/h3-4,8-10H,1-2,5-7H2,(H,16,17). The molecule has 1 N–H and O–H groups in total. The van der Waals surface area contributed by atoms with Crippen molar-refractivity contribution < 1.29 is 13.2 Å². The van der Waals surface area contributed by atoms with E-state index >= 15 is 0 Å². The molecule has 1 heterocycles. The Bertz CT molecular complexity index is 426. The molecular weight excluding hydrogens is 243 g/mol. The van der Waals surface area contributed by atoms with Gasteiger partial charge in [0.15, 0.2) is 0 Å². The number of hydrogen-bond donors (Lipinski definition) is 1. The second-order valence-electron chi connectivity index (χ2n) is 5.44. The third-order valence-electron chi connectivity index (χ3n) is 4.05. The van der Waals surface area contributed by atoms with Crippen molar-refractivity contribution >= 4 is 5.82 Å². The van der Waals surface area contributed by atoms with Gasteiger partial charge in [-0.05, 0) is 31.1 Å². The fraction of sp³-hybridized carbons (Fsp3) is 0.750. The normalized spacial score (nSPS) is 30.9. The smallest absolute Gasteiger partial charge is 0.366 e. The molecule has 1 aromatic heterocycles. The van der Waals surface area contributed by atoms with Gasteiger partial charge in [-0.1, -0.05) is 6.42 Å². The number of hydrogen-bond acceptors (Lipinski definition) is 2. The molecule has 3 unspecified atom stereocenters. The highest BCUT2D eigenvalue weighted by atomic mass is 19.4. The predicted octanol–water partition coefficient (Wildman–Crippen LogP) is 3.05. The summed E-state index contributed by atoms with van der Waals surface area (Å²) in [6.07, 6.45) is 2.12. The van der Waals surface area contributed by atoms with E-state index in [2.05, 4.69) is 10.4 Å². The van der Waals surface area contributed by atoms with Crippen LogP contribution in [0, 0.1) is 11.8 Å². The van der Waals surface area contributed by atoms with E-state index in [0.29, 0.717) is 17.8 Å². The van der Waals surface area contributed by atoms with Crippen molar-refractivity contribution in [1.29, 1.82) is 0 Å². The lowest BCUT2D eigenvalue weighted by atomic mass is 9.95. The summed E-state index contributed by atoms with van der Waals surface area (Å²) in [5, 5.41) is 7.21. The minimum atomic E-state index is -4.21. The summed E-state index contributed by atoms with van der Waals surface area (Å²) < 4.78 is 37.5. The summed E-state index contributed by atoms with van der Waals surface area (Å²) >= 11 is 0.